The number of carbonyl (C=O) groups is 2. The molecule has 1 aromatic heterocycles. The first kappa shape index (κ1) is 29.5. The van der Waals surface area contributed by atoms with Crippen LogP contribution in [0.4, 0.5) is 31.1 Å². The molecule has 0 saturated heterocycles. The zero-order valence-electron chi connectivity index (χ0n) is 19.7. The third-order valence-corrected chi connectivity index (χ3v) is 5.52. The van der Waals surface area contributed by atoms with Crippen LogP contribution in [0, 0.1) is 0 Å². The number of hydrogen-bond donors (Lipinski definition) is 2. The van der Waals surface area contributed by atoms with Crippen LogP contribution in [0.2, 0.25) is 5.02 Å². The van der Waals surface area contributed by atoms with Gasteiger partial charge in [-0.2, -0.15) is 26.3 Å². The Labute approximate surface area is 221 Å². The van der Waals surface area contributed by atoms with Crippen LogP contribution in [0.25, 0.3) is 11.4 Å². The maximum absolute atomic E-state index is 13.1. The molecule has 0 bridgehead atoms. The summed E-state index contributed by atoms with van der Waals surface area (Å²) >= 11 is 5.84. The average Bonchev–Trinajstić information content (AvgIpc) is 3.14. The van der Waals surface area contributed by atoms with Gasteiger partial charge in [0.1, 0.15) is 12.6 Å². The summed E-state index contributed by atoms with van der Waals surface area (Å²) in [6, 6.07) is 9.54. The molecule has 2 amide bonds. The predicted molar refractivity (Wildman–Crippen MR) is 125 cm³/mol. The third kappa shape index (κ3) is 8.24. The van der Waals surface area contributed by atoms with Gasteiger partial charge in [0.25, 0.3) is 0 Å². The van der Waals surface area contributed by atoms with E-state index in [1.165, 1.54) is 30.3 Å². The molecule has 9 nitrogen and oxygen atoms in total. The van der Waals surface area contributed by atoms with E-state index in [-0.39, 0.29) is 17.0 Å². The molecule has 0 fully saturated rings. The van der Waals surface area contributed by atoms with Crippen LogP contribution in [-0.2, 0) is 28.8 Å². The van der Waals surface area contributed by atoms with Gasteiger partial charge in [-0.1, -0.05) is 23.7 Å². The van der Waals surface area contributed by atoms with E-state index in [9.17, 15) is 40.7 Å². The van der Waals surface area contributed by atoms with Crippen LogP contribution in [-0.4, -0.2) is 39.1 Å². The van der Waals surface area contributed by atoms with Crippen LogP contribution in [0.1, 0.15) is 23.7 Å². The molecule has 0 radical (unpaired) electrons. The fourth-order valence-corrected chi connectivity index (χ4v) is 3.60. The first-order valence-corrected chi connectivity index (χ1v) is 11.4. The third-order valence-electron chi connectivity index (χ3n) is 5.27. The molecule has 0 aliphatic carbocycles. The number of nitrogens with zero attached hydrogens (tertiary/aromatic N) is 3. The smallest absolute Gasteiger partial charge is 0.416 e. The van der Waals surface area contributed by atoms with Gasteiger partial charge in [-0.3, -0.25) is 9.36 Å². The maximum atomic E-state index is 13.1. The van der Waals surface area contributed by atoms with E-state index >= 15 is 0 Å². The Hall–Kier alpha value is -4.01. The van der Waals surface area contributed by atoms with Crippen molar-refractivity contribution in [3.05, 3.63) is 75.2 Å². The Balaban J connectivity index is 1.81. The van der Waals surface area contributed by atoms with Crippen molar-refractivity contribution in [1.29, 1.82) is 0 Å². The Morgan fingerprint density at radius 2 is 1.74 bits per heavy atom. The van der Waals surface area contributed by atoms with Crippen molar-refractivity contribution in [3.63, 3.8) is 0 Å². The summed E-state index contributed by atoms with van der Waals surface area (Å²) in [5, 5.41) is 6.61. The van der Waals surface area contributed by atoms with Gasteiger partial charge in [0, 0.05) is 17.1 Å². The van der Waals surface area contributed by atoms with Gasteiger partial charge in [-0.05, 0) is 42.0 Å². The number of rotatable bonds is 9. The fourth-order valence-electron chi connectivity index (χ4n) is 3.48. The topological polar surface area (TPSA) is 121 Å². The SMILES string of the molecule is NC(=O)OC(CNC(=O)Cn1nc(-c2ccc(Cl)cc2)n(CCC(F)(F)F)c1=O)c1cccc(C(F)(F)F)c1. The lowest BCUT2D eigenvalue weighted by molar-refractivity contribution is -0.138. The molecule has 1 heterocycles. The molecular weight excluding hydrogens is 560 g/mol. The predicted octanol–water partition coefficient (Wildman–Crippen LogP) is 4.29. The summed E-state index contributed by atoms with van der Waals surface area (Å²) in [5.74, 6) is -1.04. The largest absolute Gasteiger partial charge is 0.440 e. The highest BCUT2D eigenvalue weighted by molar-refractivity contribution is 6.30. The zero-order valence-corrected chi connectivity index (χ0v) is 20.5. The summed E-state index contributed by atoms with van der Waals surface area (Å²) in [4.78, 5) is 36.7. The van der Waals surface area contributed by atoms with E-state index in [4.69, 9.17) is 22.1 Å². The number of ether oxygens (including phenoxy) is 1. The van der Waals surface area contributed by atoms with E-state index in [1.807, 2.05) is 0 Å². The second-order valence-corrected chi connectivity index (χ2v) is 8.58. The van der Waals surface area contributed by atoms with Gasteiger partial charge in [0.15, 0.2) is 5.82 Å². The minimum atomic E-state index is -4.69. The second kappa shape index (κ2) is 11.8. The lowest BCUT2D eigenvalue weighted by Crippen LogP contribution is -2.37. The van der Waals surface area contributed by atoms with Crippen LogP contribution >= 0.6 is 11.6 Å². The quantitative estimate of drug-likeness (QED) is 0.366. The highest BCUT2D eigenvalue weighted by Gasteiger charge is 2.32. The molecule has 1 unspecified atom stereocenters. The molecule has 16 heteroatoms. The zero-order chi connectivity index (χ0) is 29.0. The summed E-state index contributed by atoms with van der Waals surface area (Å²) in [6.07, 6.45) is -13.3. The van der Waals surface area contributed by atoms with Crippen molar-refractivity contribution in [2.24, 2.45) is 5.73 Å². The number of amides is 2. The molecule has 0 spiro atoms. The number of hydrogen-bond acceptors (Lipinski definition) is 5. The van der Waals surface area contributed by atoms with Gasteiger partial charge >= 0.3 is 24.1 Å². The highest BCUT2D eigenvalue weighted by atomic mass is 35.5. The monoisotopic (exact) mass is 579 g/mol. The molecule has 0 saturated carbocycles. The van der Waals surface area contributed by atoms with Crippen LogP contribution < -0.4 is 16.7 Å². The van der Waals surface area contributed by atoms with Crippen LogP contribution in [0.5, 0.6) is 0 Å². The first-order chi connectivity index (χ1) is 18.1. The number of nitrogens with two attached hydrogens (primary N) is 1. The van der Waals surface area contributed by atoms with Gasteiger partial charge in [-0.25, -0.2) is 14.3 Å². The van der Waals surface area contributed by atoms with E-state index in [1.54, 1.807) is 0 Å². The number of aromatic nitrogens is 3. The number of alkyl halides is 6. The molecule has 3 aromatic rings. The normalized spacial score (nSPS) is 12.7. The fraction of sp³-hybridized carbons (Fsp3) is 0.304. The lowest BCUT2D eigenvalue weighted by Gasteiger charge is -2.19. The molecular formula is C23H20ClF6N5O4. The first-order valence-electron chi connectivity index (χ1n) is 11.0. The number of benzene rings is 2. The Bertz CT molecular complexity index is 1390. The molecule has 0 aliphatic heterocycles. The van der Waals surface area contributed by atoms with Gasteiger partial charge in [-0.15, -0.1) is 5.10 Å². The number of primary amides is 1. The molecule has 3 rings (SSSR count). The number of halogens is 7. The standard InChI is InChI=1S/C23H20ClF6N5O4/c24-16-6-4-13(5-7-16)19-33-35(21(38)34(19)9-8-22(25,26)27)12-18(36)32-11-17(39-20(31)37)14-2-1-3-15(10-14)23(28,29)30/h1-7,10,17H,8-9,11-12H2,(H2,31,37)(H,32,36). The molecule has 1 atom stereocenters. The highest BCUT2D eigenvalue weighted by Crippen LogP contribution is 2.31. The van der Waals surface area contributed by atoms with E-state index < -0.39 is 67.8 Å². The second-order valence-electron chi connectivity index (χ2n) is 8.14. The van der Waals surface area contributed by atoms with Gasteiger partial charge in [0.05, 0.1) is 18.5 Å². The lowest BCUT2D eigenvalue weighted by atomic mass is 10.1. The number of carbonyl (C=O) groups excluding carboxylic acids is 2. The van der Waals surface area contributed by atoms with E-state index in [0.29, 0.717) is 15.8 Å². The Kier molecular flexibility index (Phi) is 8.94. The molecule has 2 aromatic carbocycles. The van der Waals surface area contributed by atoms with Crippen LogP contribution in [0.15, 0.2) is 53.3 Å². The van der Waals surface area contributed by atoms with Gasteiger partial charge in [0.2, 0.25) is 5.91 Å². The average molecular weight is 580 g/mol. The Morgan fingerprint density at radius 3 is 2.33 bits per heavy atom. The summed E-state index contributed by atoms with van der Waals surface area (Å²) in [5.41, 5.74) is 3.10. The van der Waals surface area contributed by atoms with E-state index in [2.05, 4.69) is 10.4 Å². The molecule has 210 valence electrons. The van der Waals surface area contributed by atoms with Crippen molar-refractivity contribution < 1.29 is 40.7 Å². The summed E-state index contributed by atoms with van der Waals surface area (Å²) in [6.45, 7) is -2.06. The molecule has 3 N–H and O–H groups in total. The maximum Gasteiger partial charge on any atom is 0.416 e. The van der Waals surface area contributed by atoms with E-state index in [0.717, 1.165) is 16.7 Å². The molecule has 39 heavy (non-hydrogen) atoms. The molecule has 0 aliphatic rings. The summed E-state index contributed by atoms with van der Waals surface area (Å²) in [7, 11) is 0. The van der Waals surface area contributed by atoms with Crippen molar-refractivity contribution in [2.75, 3.05) is 6.54 Å². The van der Waals surface area contributed by atoms with Gasteiger partial charge < -0.3 is 15.8 Å². The van der Waals surface area contributed by atoms with Crippen LogP contribution in [0.3, 0.4) is 0 Å². The van der Waals surface area contributed by atoms with Crippen molar-refractivity contribution >= 4 is 23.6 Å². The Morgan fingerprint density at radius 1 is 1.08 bits per heavy atom. The number of nitrogens with one attached hydrogen (secondary N) is 1. The van der Waals surface area contributed by atoms with Crippen molar-refractivity contribution in [3.8, 4) is 11.4 Å². The minimum absolute atomic E-state index is 0.123. The summed E-state index contributed by atoms with van der Waals surface area (Å²) < 4.78 is 84.0. The van der Waals surface area contributed by atoms with Crippen molar-refractivity contribution in [2.45, 2.75) is 38.0 Å². The van der Waals surface area contributed by atoms with Crippen molar-refractivity contribution in [1.82, 2.24) is 19.7 Å². The minimum Gasteiger partial charge on any atom is -0.440 e.